The summed E-state index contributed by atoms with van der Waals surface area (Å²) in [5, 5.41) is 10.2. The first-order chi connectivity index (χ1) is 9.03. The zero-order chi connectivity index (χ0) is 13.9. The highest BCUT2D eigenvalue weighted by molar-refractivity contribution is 5.94. The van der Waals surface area contributed by atoms with Gasteiger partial charge in [0.15, 0.2) is 0 Å². The summed E-state index contributed by atoms with van der Waals surface area (Å²) in [6, 6.07) is 3.43. The van der Waals surface area contributed by atoms with Gasteiger partial charge in [0.1, 0.15) is 11.4 Å². The highest BCUT2D eigenvalue weighted by atomic mass is 16.5. The molecule has 2 rings (SSSR count). The smallest absolute Gasteiger partial charge is 0.341 e. The first-order valence-corrected chi connectivity index (χ1v) is 6.63. The van der Waals surface area contributed by atoms with Crippen LogP contribution in [0.4, 0.5) is 5.82 Å². The van der Waals surface area contributed by atoms with Gasteiger partial charge in [-0.15, -0.1) is 0 Å². The maximum absolute atomic E-state index is 11.9. The Labute approximate surface area is 113 Å². The average molecular weight is 264 g/mol. The van der Waals surface area contributed by atoms with E-state index in [-0.39, 0.29) is 5.97 Å². The number of pyridine rings is 1. The third-order valence-corrected chi connectivity index (χ3v) is 3.26. The molecule has 1 N–H and O–H groups in total. The van der Waals surface area contributed by atoms with Crippen molar-refractivity contribution in [2.45, 2.75) is 32.3 Å². The minimum Gasteiger partial charge on any atom is -0.462 e. The summed E-state index contributed by atoms with van der Waals surface area (Å²) in [6.07, 6.45) is 3.30. The predicted octanol–water partition coefficient (Wildman–Crippen LogP) is 1.61. The average Bonchev–Trinajstić information content (AvgIpc) is 2.38. The van der Waals surface area contributed by atoms with Crippen molar-refractivity contribution >= 4 is 11.8 Å². The second kappa shape index (κ2) is 5.57. The number of hydrogen-bond donors (Lipinski definition) is 1. The van der Waals surface area contributed by atoms with E-state index in [9.17, 15) is 9.90 Å². The van der Waals surface area contributed by atoms with Crippen molar-refractivity contribution in [3.8, 4) is 0 Å². The number of hydrogen-bond acceptors (Lipinski definition) is 5. The highest BCUT2D eigenvalue weighted by Gasteiger charge is 2.31. The van der Waals surface area contributed by atoms with E-state index in [1.54, 1.807) is 25.3 Å². The maximum atomic E-state index is 11.9. The van der Waals surface area contributed by atoms with Crippen LogP contribution in [0.2, 0.25) is 0 Å². The lowest BCUT2D eigenvalue weighted by Crippen LogP contribution is -2.47. The first-order valence-electron chi connectivity index (χ1n) is 6.63. The van der Waals surface area contributed by atoms with E-state index in [2.05, 4.69) is 4.98 Å². The monoisotopic (exact) mass is 264 g/mol. The number of carbonyl (C=O) groups is 1. The molecule has 0 amide bonds. The van der Waals surface area contributed by atoms with Gasteiger partial charge in [-0.05, 0) is 38.8 Å². The molecule has 19 heavy (non-hydrogen) atoms. The van der Waals surface area contributed by atoms with Gasteiger partial charge in [0, 0.05) is 19.3 Å². The summed E-state index contributed by atoms with van der Waals surface area (Å²) in [5.74, 6) is 0.233. The summed E-state index contributed by atoms with van der Waals surface area (Å²) < 4.78 is 5.04. The standard InChI is InChI=1S/C14H20N2O3/c1-3-19-13(17)11-6-4-8-15-12(11)16-9-5-7-14(2,18)10-16/h4,6,8,18H,3,5,7,9-10H2,1-2H3. The fourth-order valence-corrected chi connectivity index (χ4v) is 2.42. The highest BCUT2D eigenvalue weighted by Crippen LogP contribution is 2.26. The Kier molecular flexibility index (Phi) is 4.04. The van der Waals surface area contributed by atoms with Gasteiger partial charge in [0.2, 0.25) is 0 Å². The topological polar surface area (TPSA) is 62.7 Å². The lowest BCUT2D eigenvalue weighted by molar-refractivity contribution is 0.0437. The van der Waals surface area contributed by atoms with E-state index in [1.807, 2.05) is 11.8 Å². The molecule has 1 aromatic rings. The molecule has 104 valence electrons. The molecule has 0 aromatic carbocycles. The quantitative estimate of drug-likeness (QED) is 0.840. The van der Waals surface area contributed by atoms with Gasteiger partial charge in [-0.3, -0.25) is 0 Å². The molecular formula is C14H20N2O3. The van der Waals surface area contributed by atoms with Crippen LogP contribution in [-0.4, -0.2) is 41.4 Å². The van der Waals surface area contributed by atoms with E-state index in [4.69, 9.17) is 4.74 Å². The van der Waals surface area contributed by atoms with Gasteiger partial charge >= 0.3 is 5.97 Å². The van der Waals surface area contributed by atoms with Gasteiger partial charge in [-0.1, -0.05) is 0 Å². The second-order valence-corrected chi connectivity index (χ2v) is 5.12. The van der Waals surface area contributed by atoms with Crippen molar-refractivity contribution in [1.82, 2.24) is 4.98 Å². The molecule has 1 atom stereocenters. The molecule has 0 spiro atoms. The van der Waals surface area contributed by atoms with E-state index in [0.717, 1.165) is 19.4 Å². The summed E-state index contributed by atoms with van der Waals surface area (Å²) in [4.78, 5) is 18.2. The predicted molar refractivity (Wildman–Crippen MR) is 72.3 cm³/mol. The zero-order valence-electron chi connectivity index (χ0n) is 11.4. The summed E-state index contributed by atoms with van der Waals surface area (Å²) in [7, 11) is 0. The number of rotatable bonds is 3. The molecule has 1 aliphatic heterocycles. The number of aromatic nitrogens is 1. The number of esters is 1. The van der Waals surface area contributed by atoms with Crippen LogP contribution < -0.4 is 4.90 Å². The lowest BCUT2D eigenvalue weighted by atomic mass is 9.95. The Hall–Kier alpha value is -1.62. The van der Waals surface area contributed by atoms with Gasteiger partial charge in [-0.2, -0.15) is 0 Å². The van der Waals surface area contributed by atoms with Crippen molar-refractivity contribution in [3.05, 3.63) is 23.9 Å². The van der Waals surface area contributed by atoms with E-state index in [1.165, 1.54) is 0 Å². The number of piperidine rings is 1. The van der Waals surface area contributed by atoms with Gasteiger partial charge in [0.25, 0.3) is 0 Å². The molecule has 1 unspecified atom stereocenters. The van der Waals surface area contributed by atoms with Crippen LogP contribution in [-0.2, 0) is 4.74 Å². The molecule has 5 heteroatoms. The zero-order valence-corrected chi connectivity index (χ0v) is 11.4. The molecule has 1 saturated heterocycles. The van der Waals surface area contributed by atoms with E-state index < -0.39 is 5.60 Å². The third kappa shape index (κ3) is 3.23. The van der Waals surface area contributed by atoms with Crippen molar-refractivity contribution in [3.63, 3.8) is 0 Å². The molecule has 1 aromatic heterocycles. The Morgan fingerprint density at radius 2 is 2.42 bits per heavy atom. The fourth-order valence-electron chi connectivity index (χ4n) is 2.42. The summed E-state index contributed by atoms with van der Waals surface area (Å²) >= 11 is 0. The number of anilines is 1. The molecular weight excluding hydrogens is 244 g/mol. The minimum absolute atomic E-state index is 0.338. The number of carbonyl (C=O) groups excluding carboxylic acids is 1. The van der Waals surface area contributed by atoms with Crippen molar-refractivity contribution in [2.75, 3.05) is 24.6 Å². The minimum atomic E-state index is -0.734. The van der Waals surface area contributed by atoms with Gasteiger partial charge in [0.05, 0.1) is 12.2 Å². The fraction of sp³-hybridized carbons (Fsp3) is 0.571. The second-order valence-electron chi connectivity index (χ2n) is 5.12. The number of ether oxygens (including phenoxy) is 1. The third-order valence-electron chi connectivity index (χ3n) is 3.26. The number of aliphatic hydroxyl groups is 1. The van der Waals surface area contributed by atoms with Crippen LogP contribution in [0, 0.1) is 0 Å². The van der Waals surface area contributed by atoms with Crippen molar-refractivity contribution in [2.24, 2.45) is 0 Å². The maximum Gasteiger partial charge on any atom is 0.341 e. The largest absolute Gasteiger partial charge is 0.462 e. The van der Waals surface area contributed by atoms with Crippen molar-refractivity contribution in [1.29, 1.82) is 0 Å². The molecule has 0 aliphatic carbocycles. The molecule has 0 bridgehead atoms. The van der Waals surface area contributed by atoms with Crippen LogP contribution in [0.5, 0.6) is 0 Å². The Balaban J connectivity index is 2.26. The molecule has 0 saturated carbocycles. The molecule has 2 heterocycles. The number of β-amino-alcohol motifs (C(OH)–C–C–N with tert-alkyl or cyclic N) is 1. The molecule has 0 radical (unpaired) electrons. The van der Waals surface area contributed by atoms with Crippen LogP contribution in [0.15, 0.2) is 18.3 Å². The molecule has 1 fully saturated rings. The normalized spacial score (nSPS) is 23.2. The Bertz CT molecular complexity index is 460. The molecule has 1 aliphatic rings. The summed E-state index contributed by atoms with van der Waals surface area (Å²) in [6.45, 7) is 5.20. The van der Waals surface area contributed by atoms with Crippen molar-refractivity contribution < 1.29 is 14.6 Å². The van der Waals surface area contributed by atoms with E-state index >= 15 is 0 Å². The Morgan fingerprint density at radius 1 is 1.63 bits per heavy atom. The van der Waals surface area contributed by atoms with Crippen LogP contribution in [0.3, 0.4) is 0 Å². The van der Waals surface area contributed by atoms with Crippen LogP contribution in [0.1, 0.15) is 37.0 Å². The van der Waals surface area contributed by atoms with Gasteiger partial charge in [-0.25, -0.2) is 9.78 Å². The van der Waals surface area contributed by atoms with Crippen LogP contribution >= 0.6 is 0 Å². The summed E-state index contributed by atoms with van der Waals surface area (Å²) in [5.41, 5.74) is -0.274. The SMILES string of the molecule is CCOC(=O)c1cccnc1N1CCCC(C)(O)C1. The first kappa shape index (κ1) is 13.8. The lowest BCUT2D eigenvalue weighted by Gasteiger charge is -2.38. The number of nitrogens with zero attached hydrogens (tertiary/aromatic N) is 2. The van der Waals surface area contributed by atoms with E-state index in [0.29, 0.717) is 24.5 Å². The Morgan fingerprint density at radius 3 is 3.11 bits per heavy atom. The molecule has 5 nitrogen and oxygen atoms in total. The van der Waals surface area contributed by atoms with Gasteiger partial charge < -0.3 is 14.7 Å². The van der Waals surface area contributed by atoms with Crippen LogP contribution in [0.25, 0.3) is 0 Å².